The average Bonchev–Trinajstić information content (AvgIpc) is 2.84. The van der Waals surface area contributed by atoms with Crippen molar-refractivity contribution in [3.63, 3.8) is 0 Å². The molecule has 0 spiro atoms. The van der Waals surface area contributed by atoms with Crippen LogP contribution < -0.4 is 0 Å². The third-order valence-corrected chi connectivity index (χ3v) is 7.54. The number of hydrogen-bond donors (Lipinski definition) is 1. The fourth-order valence-electron chi connectivity index (χ4n) is 6.60. The number of aliphatic hydroxyl groups is 1. The Kier molecular flexibility index (Phi) is 3.38. The molecule has 120 valence electrons. The average molecular weight is 300 g/mol. The molecule has 0 radical (unpaired) electrons. The maximum absolute atomic E-state index is 11.8. The zero-order valence-corrected chi connectivity index (χ0v) is 13.7. The zero-order valence-electron chi connectivity index (χ0n) is 13.7. The predicted octanol–water partition coefficient (Wildman–Crippen LogP) is 4.05. The van der Waals surface area contributed by atoms with E-state index in [0.717, 1.165) is 38.5 Å². The fraction of sp³-hybridized carbons (Fsp3) is 0.750. The van der Waals surface area contributed by atoms with Crippen LogP contribution in [0.2, 0.25) is 0 Å². The standard InChI is InChI=1S/C20H28O2/c1-3-20-11-12(2)19-15-7-5-14(21)10-13(15)4-6-16(19)17(20)8-9-18(20)22/h10,15-19,22H,2-9,11H2,1H3/t15-,16-,17-,18?,19+,20?/m0/s1. The van der Waals surface area contributed by atoms with Crippen LogP contribution >= 0.6 is 0 Å². The van der Waals surface area contributed by atoms with Gasteiger partial charge in [0.1, 0.15) is 0 Å². The summed E-state index contributed by atoms with van der Waals surface area (Å²) in [6, 6.07) is 0. The summed E-state index contributed by atoms with van der Waals surface area (Å²) in [5.41, 5.74) is 2.87. The molecule has 0 aromatic carbocycles. The minimum atomic E-state index is -0.134. The molecule has 2 nitrogen and oxygen atoms in total. The number of carbonyl (C=O) groups is 1. The fourth-order valence-corrected chi connectivity index (χ4v) is 6.60. The van der Waals surface area contributed by atoms with Gasteiger partial charge in [-0.2, -0.15) is 0 Å². The number of rotatable bonds is 1. The van der Waals surface area contributed by atoms with Crippen LogP contribution in [-0.2, 0) is 4.79 Å². The van der Waals surface area contributed by atoms with Gasteiger partial charge in [0.25, 0.3) is 0 Å². The van der Waals surface area contributed by atoms with E-state index in [-0.39, 0.29) is 11.5 Å². The van der Waals surface area contributed by atoms with Crippen molar-refractivity contribution >= 4 is 5.78 Å². The molecule has 0 bridgehead atoms. The van der Waals surface area contributed by atoms with E-state index in [0.29, 0.717) is 29.5 Å². The Morgan fingerprint density at radius 2 is 2.09 bits per heavy atom. The Balaban J connectivity index is 1.70. The lowest BCUT2D eigenvalue weighted by atomic mass is 9.50. The molecule has 4 aliphatic carbocycles. The van der Waals surface area contributed by atoms with E-state index in [2.05, 4.69) is 13.5 Å². The minimum Gasteiger partial charge on any atom is -0.393 e. The van der Waals surface area contributed by atoms with Crippen molar-refractivity contribution in [2.45, 2.75) is 64.4 Å². The van der Waals surface area contributed by atoms with Crippen LogP contribution in [-0.4, -0.2) is 17.0 Å². The molecule has 1 N–H and O–H groups in total. The topological polar surface area (TPSA) is 37.3 Å². The Morgan fingerprint density at radius 3 is 2.86 bits per heavy atom. The molecule has 2 unspecified atom stereocenters. The Bertz CT molecular complexity index is 546. The highest BCUT2D eigenvalue weighted by atomic mass is 16.3. The van der Waals surface area contributed by atoms with Crippen molar-refractivity contribution in [3.8, 4) is 0 Å². The monoisotopic (exact) mass is 300 g/mol. The summed E-state index contributed by atoms with van der Waals surface area (Å²) in [6.07, 6.45) is 10.1. The molecule has 0 aromatic rings. The third-order valence-electron chi connectivity index (χ3n) is 7.54. The van der Waals surface area contributed by atoms with Crippen molar-refractivity contribution < 1.29 is 9.90 Å². The van der Waals surface area contributed by atoms with Crippen molar-refractivity contribution in [2.24, 2.45) is 29.1 Å². The van der Waals surface area contributed by atoms with E-state index < -0.39 is 0 Å². The highest BCUT2D eigenvalue weighted by Crippen LogP contribution is 2.64. The summed E-state index contributed by atoms with van der Waals surface area (Å²) in [5, 5.41) is 10.7. The molecule has 3 saturated carbocycles. The van der Waals surface area contributed by atoms with Crippen LogP contribution in [0.5, 0.6) is 0 Å². The van der Waals surface area contributed by atoms with Gasteiger partial charge in [0, 0.05) is 11.8 Å². The number of carbonyl (C=O) groups excluding carboxylic acids is 1. The van der Waals surface area contributed by atoms with E-state index >= 15 is 0 Å². The number of ketones is 1. The molecule has 4 rings (SSSR count). The van der Waals surface area contributed by atoms with E-state index in [1.165, 1.54) is 24.0 Å². The van der Waals surface area contributed by atoms with Crippen molar-refractivity contribution in [3.05, 3.63) is 23.8 Å². The highest BCUT2D eigenvalue weighted by molar-refractivity contribution is 5.91. The Hall–Kier alpha value is -0.890. The highest BCUT2D eigenvalue weighted by Gasteiger charge is 2.58. The molecule has 0 amide bonds. The van der Waals surface area contributed by atoms with E-state index in [4.69, 9.17) is 0 Å². The maximum atomic E-state index is 11.8. The van der Waals surface area contributed by atoms with Crippen LogP contribution in [0.1, 0.15) is 58.3 Å². The summed E-state index contributed by atoms with van der Waals surface area (Å²) in [6.45, 7) is 6.73. The number of hydrogen-bond acceptors (Lipinski definition) is 2. The molecule has 6 atom stereocenters. The number of fused-ring (bicyclic) bond motifs is 5. The molecular weight excluding hydrogens is 272 g/mol. The predicted molar refractivity (Wildman–Crippen MR) is 87.2 cm³/mol. The van der Waals surface area contributed by atoms with Gasteiger partial charge in [0.15, 0.2) is 5.78 Å². The third kappa shape index (κ3) is 1.86. The number of allylic oxidation sites excluding steroid dienone is 2. The van der Waals surface area contributed by atoms with Crippen LogP contribution in [0.15, 0.2) is 23.8 Å². The lowest BCUT2D eigenvalue weighted by molar-refractivity contribution is -0.115. The molecule has 0 aromatic heterocycles. The van der Waals surface area contributed by atoms with E-state index in [9.17, 15) is 9.90 Å². The largest absolute Gasteiger partial charge is 0.393 e. The quantitative estimate of drug-likeness (QED) is 0.742. The van der Waals surface area contributed by atoms with Crippen molar-refractivity contribution in [2.75, 3.05) is 0 Å². The smallest absolute Gasteiger partial charge is 0.155 e. The maximum Gasteiger partial charge on any atom is 0.155 e. The van der Waals surface area contributed by atoms with Gasteiger partial charge in [0.05, 0.1) is 6.10 Å². The minimum absolute atomic E-state index is 0.101. The summed E-state index contributed by atoms with van der Waals surface area (Å²) in [7, 11) is 0. The zero-order chi connectivity index (χ0) is 15.5. The van der Waals surface area contributed by atoms with Crippen molar-refractivity contribution in [1.82, 2.24) is 0 Å². The van der Waals surface area contributed by atoms with Gasteiger partial charge in [-0.1, -0.05) is 24.6 Å². The molecule has 3 fully saturated rings. The SMILES string of the molecule is C=C1CC2(CC)C(O)CC[C@H]2[C@@H]2CCC3=CC(=O)CC[C@@H]3[C@@H]12. The first-order valence-corrected chi connectivity index (χ1v) is 9.16. The van der Waals surface area contributed by atoms with Gasteiger partial charge in [-0.25, -0.2) is 0 Å². The lowest BCUT2D eigenvalue weighted by Gasteiger charge is -2.55. The molecule has 2 heteroatoms. The van der Waals surface area contributed by atoms with Crippen LogP contribution in [0, 0.1) is 29.1 Å². The van der Waals surface area contributed by atoms with Gasteiger partial charge in [0.2, 0.25) is 0 Å². The second-order valence-electron chi connectivity index (χ2n) is 8.18. The molecule has 0 saturated heterocycles. The first-order valence-electron chi connectivity index (χ1n) is 9.16. The normalized spacial score (nSPS) is 47.5. The van der Waals surface area contributed by atoms with Crippen molar-refractivity contribution in [1.29, 1.82) is 0 Å². The molecule has 22 heavy (non-hydrogen) atoms. The molecule has 4 aliphatic rings. The van der Waals surface area contributed by atoms with Crippen LogP contribution in [0.4, 0.5) is 0 Å². The van der Waals surface area contributed by atoms with E-state index in [1.807, 2.05) is 6.08 Å². The summed E-state index contributed by atoms with van der Waals surface area (Å²) in [5.74, 6) is 2.82. The second kappa shape index (κ2) is 5.06. The Morgan fingerprint density at radius 1 is 1.27 bits per heavy atom. The first kappa shape index (κ1) is 14.7. The van der Waals surface area contributed by atoms with Gasteiger partial charge in [-0.05, 0) is 74.7 Å². The Labute approximate surface area is 133 Å². The number of aliphatic hydroxyl groups excluding tert-OH is 1. The molecule has 0 aliphatic heterocycles. The summed E-state index contributed by atoms with van der Waals surface area (Å²) < 4.78 is 0. The van der Waals surface area contributed by atoms with Crippen LogP contribution in [0.3, 0.4) is 0 Å². The van der Waals surface area contributed by atoms with Gasteiger partial charge < -0.3 is 5.11 Å². The van der Waals surface area contributed by atoms with Gasteiger partial charge in [-0.3, -0.25) is 4.79 Å². The van der Waals surface area contributed by atoms with Crippen LogP contribution in [0.25, 0.3) is 0 Å². The molecule has 0 heterocycles. The summed E-state index contributed by atoms with van der Waals surface area (Å²) in [4.78, 5) is 11.8. The molecular formula is C20H28O2. The summed E-state index contributed by atoms with van der Waals surface area (Å²) >= 11 is 0. The van der Waals surface area contributed by atoms with Gasteiger partial charge in [-0.15, -0.1) is 0 Å². The second-order valence-corrected chi connectivity index (χ2v) is 8.18. The van der Waals surface area contributed by atoms with E-state index in [1.54, 1.807) is 0 Å². The van der Waals surface area contributed by atoms with Gasteiger partial charge >= 0.3 is 0 Å². The first-order chi connectivity index (χ1) is 10.6. The lowest BCUT2D eigenvalue weighted by Crippen LogP contribution is -2.49.